The highest BCUT2D eigenvalue weighted by Gasteiger charge is 2.13. The molecule has 0 spiro atoms. The number of rotatable bonds is 4. The van der Waals surface area contributed by atoms with Crippen molar-refractivity contribution in [2.24, 2.45) is 0 Å². The van der Waals surface area contributed by atoms with Crippen molar-refractivity contribution in [3.05, 3.63) is 47.2 Å². The van der Waals surface area contributed by atoms with Crippen LogP contribution in [-0.4, -0.2) is 16.5 Å². The number of aryl methyl sites for hydroxylation is 1. The van der Waals surface area contributed by atoms with E-state index in [-0.39, 0.29) is 0 Å². The van der Waals surface area contributed by atoms with E-state index in [1.807, 2.05) is 30.6 Å². The molecule has 0 radical (unpaired) electrons. The molecule has 1 aromatic carbocycles. The van der Waals surface area contributed by atoms with Gasteiger partial charge in [-0.15, -0.1) is 11.3 Å². The summed E-state index contributed by atoms with van der Waals surface area (Å²) in [6.45, 7) is 5.75. The van der Waals surface area contributed by atoms with Gasteiger partial charge in [0.1, 0.15) is 5.52 Å². The number of nitrogens with two attached hydrogens (primary N) is 1. The lowest BCUT2D eigenvalue weighted by atomic mass is 10.2. The maximum Gasteiger partial charge on any atom is 0.106 e. The molecular weight excluding hydrogens is 280 g/mol. The molecule has 0 saturated heterocycles. The Balaban J connectivity index is 1.96. The zero-order valence-electron chi connectivity index (χ0n) is 12.2. The highest BCUT2D eigenvalue weighted by atomic mass is 32.1. The zero-order valence-corrected chi connectivity index (χ0v) is 13.0. The predicted octanol–water partition coefficient (Wildman–Crippen LogP) is 3.61. The summed E-state index contributed by atoms with van der Waals surface area (Å²) in [5.41, 5.74) is 12.9. The molecule has 2 aromatic heterocycles. The Bertz CT molecular complexity index is 766. The van der Waals surface area contributed by atoms with Crippen molar-refractivity contribution in [3.63, 3.8) is 0 Å². The van der Waals surface area contributed by atoms with Gasteiger partial charge in [-0.2, -0.15) is 0 Å². The van der Waals surface area contributed by atoms with Crippen LogP contribution >= 0.6 is 11.3 Å². The first-order valence-corrected chi connectivity index (χ1v) is 7.86. The number of pyridine rings is 1. The molecule has 108 valence electrons. The lowest BCUT2D eigenvalue weighted by Crippen LogP contribution is -2.23. The molecule has 5 heteroatoms. The van der Waals surface area contributed by atoms with Crippen LogP contribution < -0.4 is 10.6 Å². The Morgan fingerprint density at radius 2 is 2.10 bits per heavy atom. The average Bonchev–Trinajstić information content (AvgIpc) is 2.95. The number of anilines is 2. The Kier molecular flexibility index (Phi) is 3.75. The van der Waals surface area contributed by atoms with E-state index in [1.165, 1.54) is 0 Å². The summed E-state index contributed by atoms with van der Waals surface area (Å²) in [4.78, 5) is 11.2. The van der Waals surface area contributed by atoms with Gasteiger partial charge in [-0.3, -0.25) is 4.98 Å². The molecule has 0 amide bonds. The van der Waals surface area contributed by atoms with Gasteiger partial charge >= 0.3 is 0 Å². The summed E-state index contributed by atoms with van der Waals surface area (Å²) in [6.07, 6.45) is 0. The maximum absolute atomic E-state index is 6.31. The molecule has 0 aliphatic rings. The number of hydrogen-bond donors (Lipinski definition) is 1. The van der Waals surface area contributed by atoms with Crippen molar-refractivity contribution >= 4 is 32.9 Å². The third kappa shape index (κ3) is 2.69. The Labute approximate surface area is 128 Å². The third-order valence-electron chi connectivity index (χ3n) is 3.54. The summed E-state index contributed by atoms with van der Waals surface area (Å²) in [5, 5.41) is 0. The minimum Gasteiger partial charge on any atom is -0.395 e. The van der Waals surface area contributed by atoms with E-state index in [0.717, 1.165) is 46.1 Å². The Hall–Kier alpha value is -2.14. The second kappa shape index (κ2) is 5.69. The van der Waals surface area contributed by atoms with Crippen LogP contribution in [0.2, 0.25) is 0 Å². The molecule has 4 nitrogen and oxygen atoms in total. The molecule has 21 heavy (non-hydrogen) atoms. The van der Waals surface area contributed by atoms with E-state index in [0.29, 0.717) is 0 Å². The van der Waals surface area contributed by atoms with Crippen molar-refractivity contribution < 1.29 is 0 Å². The molecule has 0 unspecified atom stereocenters. The summed E-state index contributed by atoms with van der Waals surface area (Å²) < 4.78 is 1.13. The SMILES string of the molecule is CCN(Cc1cccc(C)n1)c1ccc2scnc2c1N. The number of nitrogen functional groups attached to an aromatic ring is 1. The van der Waals surface area contributed by atoms with Gasteiger partial charge in [0.05, 0.1) is 33.8 Å². The second-order valence-corrected chi connectivity index (χ2v) is 5.87. The molecule has 3 aromatic rings. The fourth-order valence-electron chi connectivity index (χ4n) is 2.47. The molecule has 2 heterocycles. The first kappa shape index (κ1) is 13.8. The lowest BCUT2D eigenvalue weighted by molar-refractivity contribution is 0.807. The summed E-state index contributed by atoms with van der Waals surface area (Å²) in [7, 11) is 0. The van der Waals surface area contributed by atoms with E-state index >= 15 is 0 Å². The van der Waals surface area contributed by atoms with E-state index in [1.54, 1.807) is 11.3 Å². The molecule has 0 aliphatic carbocycles. The highest BCUT2D eigenvalue weighted by Crippen LogP contribution is 2.33. The summed E-state index contributed by atoms with van der Waals surface area (Å²) in [5.74, 6) is 0. The van der Waals surface area contributed by atoms with E-state index < -0.39 is 0 Å². The van der Waals surface area contributed by atoms with Crippen LogP contribution in [0.3, 0.4) is 0 Å². The first-order chi connectivity index (χ1) is 10.2. The number of nitrogens with zero attached hydrogens (tertiary/aromatic N) is 3. The second-order valence-electron chi connectivity index (χ2n) is 4.98. The van der Waals surface area contributed by atoms with Gasteiger partial charge in [0.15, 0.2) is 0 Å². The van der Waals surface area contributed by atoms with Crippen molar-refractivity contribution in [1.82, 2.24) is 9.97 Å². The minimum atomic E-state index is 0.748. The number of aromatic nitrogens is 2. The smallest absolute Gasteiger partial charge is 0.106 e. The lowest BCUT2D eigenvalue weighted by Gasteiger charge is -2.24. The fourth-order valence-corrected chi connectivity index (χ4v) is 3.16. The van der Waals surface area contributed by atoms with Gasteiger partial charge in [-0.05, 0) is 38.1 Å². The highest BCUT2D eigenvalue weighted by molar-refractivity contribution is 7.16. The monoisotopic (exact) mass is 298 g/mol. The molecule has 0 fully saturated rings. The number of fused-ring (bicyclic) bond motifs is 1. The largest absolute Gasteiger partial charge is 0.395 e. The van der Waals surface area contributed by atoms with E-state index in [4.69, 9.17) is 5.73 Å². The zero-order chi connectivity index (χ0) is 14.8. The maximum atomic E-state index is 6.31. The number of hydrogen-bond acceptors (Lipinski definition) is 5. The van der Waals surface area contributed by atoms with Gasteiger partial charge in [0.2, 0.25) is 0 Å². The van der Waals surface area contributed by atoms with Crippen molar-refractivity contribution in [3.8, 4) is 0 Å². The van der Waals surface area contributed by atoms with Crippen LogP contribution in [0, 0.1) is 6.92 Å². The van der Waals surface area contributed by atoms with Crippen LogP contribution in [0.1, 0.15) is 18.3 Å². The molecule has 0 atom stereocenters. The van der Waals surface area contributed by atoms with E-state index in [9.17, 15) is 0 Å². The molecule has 0 aliphatic heterocycles. The summed E-state index contributed by atoms with van der Waals surface area (Å²) in [6, 6.07) is 10.3. The van der Waals surface area contributed by atoms with Crippen molar-refractivity contribution in [2.45, 2.75) is 20.4 Å². The predicted molar refractivity (Wildman–Crippen MR) is 89.7 cm³/mol. The molecule has 0 bridgehead atoms. The topological polar surface area (TPSA) is 55.0 Å². The van der Waals surface area contributed by atoms with Crippen LogP contribution in [0.25, 0.3) is 10.2 Å². The third-order valence-corrected chi connectivity index (χ3v) is 4.33. The van der Waals surface area contributed by atoms with Gasteiger partial charge < -0.3 is 10.6 Å². The van der Waals surface area contributed by atoms with Crippen LogP contribution in [-0.2, 0) is 6.54 Å². The Morgan fingerprint density at radius 1 is 1.24 bits per heavy atom. The minimum absolute atomic E-state index is 0.748. The molecule has 0 saturated carbocycles. The molecular formula is C16H18N4S. The number of thiazole rings is 1. The molecule has 3 rings (SSSR count). The van der Waals surface area contributed by atoms with Gasteiger partial charge in [-0.25, -0.2) is 4.98 Å². The van der Waals surface area contributed by atoms with Gasteiger partial charge in [-0.1, -0.05) is 6.07 Å². The van der Waals surface area contributed by atoms with E-state index in [2.05, 4.69) is 33.9 Å². The average molecular weight is 298 g/mol. The summed E-state index contributed by atoms with van der Waals surface area (Å²) >= 11 is 1.61. The van der Waals surface area contributed by atoms with Crippen molar-refractivity contribution in [2.75, 3.05) is 17.2 Å². The van der Waals surface area contributed by atoms with Gasteiger partial charge in [0, 0.05) is 12.2 Å². The Morgan fingerprint density at radius 3 is 2.86 bits per heavy atom. The van der Waals surface area contributed by atoms with Crippen LogP contribution in [0.5, 0.6) is 0 Å². The van der Waals surface area contributed by atoms with Crippen LogP contribution in [0.4, 0.5) is 11.4 Å². The first-order valence-electron chi connectivity index (χ1n) is 6.98. The number of benzene rings is 1. The van der Waals surface area contributed by atoms with Crippen LogP contribution in [0.15, 0.2) is 35.8 Å². The van der Waals surface area contributed by atoms with Crippen molar-refractivity contribution in [1.29, 1.82) is 0 Å². The normalized spacial score (nSPS) is 11.0. The molecule has 2 N–H and O–H groups in total. The standard InChI is InChI=1S/C16H18N4S/c1-3-20(9-12-6-4-5-11(2)19-12)13-7-8-14-16(15(13)17)18-10-21-14/h4-8,10H,3,9,17H2,1-2H3. The quantitative estimate of drug-likeness (QED) is 0.748. The van der Waals surface area contributed by atoms with Gasteiger partial charge in [0.25, 0.3) is 0 Å². The fraction of sp³-hybridized carbons (Fsp3) is 0.250.